The van der Waals surface area contributed by atoms with Crippen LogP contribution in [-0.2, 0) is 13.2 Å². The molecular formula is C17H18Br2ClNO. The Morgan fingerprint density at radius 1 is 1.00 bits per heavy atom. The van der Waals surface area contributed by atoms with Gasteiger partial charge in [0.25, 0.3) is 0 Å². The molecule has 1 N–H and O–H groups in total. The molecule has 2 nitrogen and oxygen atoms in total. The molecule has 0 bridgehead atoms. The summed E-state index contributed by atoms with van der Waals surface area (Å²) in [4.78, 5) is 0. The van der Waals surface area contributed by atoms with Gasteiger partial charge in [-0.15, -0.1) is 12.4 Å². The van der Waals surface area contributed by atoms with E-state index in [4.69, 9.17) is 4.74 Å². The molecule has 118 valence electrons. The molecule has 0 atom stereocenters. The van der Waals surface area contributed by atoms with Crippen LogP contribution in [0.3, 0.4) is 0 Å². The molecule has 0 amide bonds. The molecule has 3 rings (SSSR count). The van der Waals surface area contributed by atoms with E-state index in [2.05, 4.69) is 61.4 Å². The highest BCUT2D eigenvalue weighted by Crippen LogP contribution is 2.35. The van der Waals surface area contributed by atoms with E-state index in [0.29, 0.717) is 6.61 Å². The Balaban J connectivity index is 0.00000176. The molecule has 2 aromatic carbocycles. The van der Waals surface area contributed by atoms with Crippen molar-refractivity contribution in [1.82, 2.24) is 5.32 Å². The van der Waals surface area contributed by atoms with Crippen molar-refractivity contribution in [3.63, 3.8) is 0 Å². The summed E-state index contributed by atoms with van der Waals surface area (Å²) >= 11 is 7.22. The molecule has 1 fully saturated rings. The van der Waals surface area contributed by atoms with E-state index in [1.165, 1.54) is 18.4 Å². The minimum Gasteiger partial charge on any atom is -0.487 e. The van der Waals surface area contributed by atoms with Crippen LogP contribution < -0.4 is 10.1 Å². The van der Waals surface area contributed by atoms with Gasteiger partial charge in [0.1, 0.15) is 12.4 Å². The zero-order valence-electron chi connectivity index (χ0n) is 12.0. The molecule has 1 saturated carbocycles. The molecule has 5 heteroatoms. The first-order chi connectivity index (χ1) is 10.2. The monoisotopic (exact) mass is 445 g/mol. The summed E-state index contributed by atoms with van der Waals surface area (Å²) in [6.07, 6.45) is 2.61. The lowest BCUT2D eigenvalue weighted by Gasteiger charge is -2.13. The maximum atomic E-state index is 5.93. The molecule has 0 saturated heterocycles. The standard InChI is InChI=1S/C17H17Br2NO.ClH/c18-15-8-13(10-20-14-6-7-14)9-16(19)17(15)21-11-12-4-2-1-3-5-12;/h1-5,8-9,14,20H,6-7,10-11H2;1H. The van der Waals surface area contributed by atoms with Gasteiger partial charge in [-0.2, -0.15) is 0 Å². The van der Waals surface area contributed by atoms with Crippen LogP contribution in [0, 0.1) is 0 Å². The minimum atomic E-state index is 0. The van der Waals surface area contributed by atoms with Crippen molar-refractivity contribution in [3.8, 4) is 5.75 Å². The van der Waals surface area contributed by atoms with Crippen molar-refractivity contribution in [1.29, 1.82) is 0 Å². The lowest BCUT2D eigenvalue weighted by molar-refractivity contribution is 0.302. The number of hydrogen-bond acceptors (Lipinski definition) is 2. The maximum absolute atomic E-state index is 5.93. The van der Waals surface area contributed by atoms with Gasteiger partial charge in [-0.05, 0) is 68.0 Å². The second kappa shape index (κ2) is 8.34. The van der Waals surface area contributed by atoms with Gasteiger partial charge >= 0.3 is 0 Å². The van der Waals surface area contributed by atoms with E-state index in [-0.39, 0.29) is 12.4 Å². The summed E-state index contributed by atoms with van der Waals surface area (Å²) in [7, 11) is 0. The fourth-order valence-corrected chi connectivity index (χ4v) is 3.64. The molecule has 0 aliphatic heterocycles. The third-order valence-corrected chi connectivity index (χ3v) is 4.63. The van der Waals surface area contributed by atoms with Crippen molar-refractivity contribution >= 4 is 44.3 Å². The number of rotatable bonds is 6. The lowest BCUT2D eigenvalue weighted by Crippen LogP contribution is -2.15. The van der Waals surface area contributed by atoms with Crippen LogP contribution in [0.2, 0.25) is 0 Å². The molecule has 1 aliphatic carbocycles. The molecule has 0 radical (unpaired) electrons. The average Bonchev–Trinajstić information content (AvgIpc) is 3.29. The van der Waals surface area contributed by atoms with Crippen LogP contribution in [0.25, 0.3) is 0 Å². The molecule has 22 heavy (non-hydrogen) atoms. The molecule has 0 spiro atoms. The largest absolute Gasteiger partial charge is 0.487 e. The lowest BCUT2D eigenvalue weighted by atomic mass is 10.2. The van der Waals surface area contributed by atoms with E-state index >= 15 is 0 Å². The SMILES string of the molecule is Brc1cc(CNC2CC2)cc(Br)c1OCc1ccccc1.Cl. The van der Waals surface area contributed by atoms with Gasteiger partial charge in [-0.1, -0.05) is 30.3 Å². The second-order valence-corrected chi connectivity index (χ2v) is 7.03. The summed E-state index contributed by atoms with van der Waals surface area (Å²) in [5, 5.41) is 3.52. The van der Waals surface area contributed by atoms with Gasteiger partial charge in [-0.3, -0.25) is 0 Å². The van der Waals surface area contributed by atoms with E-state index < -0.39 is 0 Å². The summed E-state index contributed by atoms with van der Waals surface area (Å²) < 4.78 is 7.91. The number of nitrogens with one attached hydrogen (secondary N) is 1. The zero-order chi connectivity index (χ0) is 14.7. The maximum Gasteiger partial charge on any atom is 0.148 e. The first-order valence-electron chi connectivity index (χ1n) is 7.10. The molecule has 0 aromatic heterocycles. The second-order valence-electron chi connectivity index (χ2n) is 5.32. The van der Waals surface area contributed by atoms with Gasteiger partial charge in [0.05, 0.1) is 8.95 Å². The molecule has 0 unspecified atom stereocenters. The first kappa shape index (κ1) is 17.8. The normalized spacial score (nSPS) is 13.5. The van der Waals surface area contributed by atoms with Gasteiger partial charge in [0.2, 0.25) is 0 Å². The number of hydrogen-bond donors (Lipinski definition) is 1. The Hall–Kier alpha value is -0.550. The van der Waals surface area contributed by atoms with Crippen LogP contribution in [-0.4, -0.2) is 6.04 Å². The van der Waals surface area contributed by atoms with Crippen LogP contribution in [0.1, 0.15) is 24.0 Å². The highest BCUT2D eigenvalue weighted by molar-refractivity contribution is 9.11. The summed E-state index contributed by atoms with van der Waals surface area (Å²) in [6, 6.07) is 15.2. The van der Waals surface area contributed by atoms with E-state index in [1.54, 1.807) is 0 Å². The zero-order valence-corrected chi connectivity index (χ0v) is 16.0. The van der Waals surface area contributed by atoms with E-state index in [1.807, 2.05) is 18.2 Å². The summed E-state index contributed by atoms with van der Waals surface area (Å²) in [6.45, 7) is 1.47. The number of benzene rings is 2. The molecular weight excluding hydrogens is 429 g/mol. The van der Waals surface area contributed by atoms with E-state index in [9.17, 15) is 0 Å². The third kappa shape index (κ3) is 4.98. The van der Waals surface area contributed by atoms with Gasteiger partial charge in [0, 0.05) is 12.6 Å². The fraction of sp³-hybridized carbons (Fsp3) is 0.294. The van der Waals surface area contributed by atoms with Crippen molar-refractivity contribution in [3.05, 3.63) is 62.5 Å². The Labute approximate surface area is 154 Å². The third-order valence-electron chi connectivity index (χ3n) is 3.46. The van der Waals surface area contributed by atoms with Crippen LogP contribution in [0.15, 0.2) is 51.4 Å². The van der Waals surface area contributed by atoms with Gasteiger partial charge in [-0.25, -0.2) is 0 Å². The predicted octanol–water partition coefficient (Wildman–Crippen LogP) is 5.46. The highest BCUT2D eigenvalue weighted by Gasteiger charge is 2.20. The number of ether oxygens (including phenoxy) is 1. The quantitative estimate of drug-likeness (QED) is 0.635. The Morgan fingerprint density at radius 2 is 1.64 bits per heavy atom. The van der Waals surface area contributed by atoms with Crippen LogP contribution >= 0.6 is 44.3 Å². The van der Waals surface area contributed by atoms with Crippen molar-refractivity contribution < 1.29 is 4.74 Å². The fourth-order valence-electron chi connectivity index (χ4n) is 2.13. The minimum absolute atomic E-state index is 0. The smallest absolute Gasteiger partial charge is 0.148 e. The number of halogens is 3. The van der Waals surface area contributed by atoms with Crippen molar-refractivity contribution in [2.75, 3.05) is 0 Å². The summed E-state index contributed by atoms with van der Waals surface area (Å²) in [5.74, 6) is 0.856. The first-order valence-corrected chi connectivity index (χ1v) is 8.69. The topological polar surface area (TPSA) is 21.3 Å². The van der Waals surface area contributed by atoms with E-state index in [0.717, 1.165) is 32.8 Å². The predicted molar refractivity (Wildman–Crippen MR) is 99.7 cm³/mol. The Kier molecular flexibility index (Phi) is 6.75. The average molecular weight is 448 g/mol. The van der Waals surface area contributed by atoms with Gasteiger partial charge in [0.15, 0.2) is 0 Å². The van der Waals surface area contributed by atoms with Gasteiger partial charge < -0.3 is 10.1 Å². The highest BCUT2D eigenvalue weighted by atomic mass is 79.9. The molecule has 1 aliphatic rings. The van der Waals surface area contributed by atoms with Crippen molar-refractivity contribution in [2.24, 2.45) is 0 Å². The molecule has 2 aromatic rings. The Bertz CT molecular complexity index is 594. The van der Waals surface area contributed by atoms with Crippen molar-refractivity contribution in [2.45, 2.75) is 32.0 Å². The van der Waals surface area contributed by atoms with Crippen LogP contribution in [0.5, 0.6) is 5.75 Å². The summed E-state index contributed by atoms with van der Waals surface area (Å²) in [5.41, 5.74) is 2.42. The molecule has 0 heterocycles. The van der Waals surface area contributed by atoms with Crippen LogP contribution in [0.4, 0.5) is 0 Å². The Morgan fingerprint density at radius 3 is 2.23 bits per heavy atom.